The van der Waals surface area contributed by atoms with Gasteiger partial charge in [0, 0.05) is 22.9 Å². The molecule has 2 aromatic carbocycles. The van der Waals surface area contributed by atoms with Crippen molar-refractivity contribution in [2.75, 3.05) is 24.3 Å². The molecule has 32 heavy (non-hydrogen) atoms. The number of halogens is 1. The second kappa shape index (κ2) is 8.62. The Morgan fingerprint density at radius 1 is 1.09 bits per heavy atom. The molecule has 0 fully saturated rings. The van der Waals surface area contributed by atoms with Crippen LogP contribution < -0.4 is 10.6 Å². The van der Waals surface area contributed by atoms with E-state index in [4.69, 9.17) is 0 Å². The number of hydrogen-bond donors (Lipinski definition) is 3. The number of fused-ring (bicyclic) bond motifs is 1. The van der Waals surface area contributed by atoms with E-state index >= 15 is 0 Å². The van der Waals surface area contributed by atoms with Crippen LogP contribution in [0.5, 0.6) is 0 Å². The third-order valence-electron chi connectivity index (χ3n) is 5.27. The topological polar surface area (TPSA) is 105 Å². The quantitative estimate of drug-likeness (QED) is 0.405. The highest BCUT2D eigenvalue weighted by Gasteiger charge is 2.20. The van der Waals surface area contributed by atoms with Gasteiger partial charge in [-0.05, 0) is 42.0 Å². The van der Waals surface area contributed by atoms with E-state index in [-0.39, 0.29) is 11.2 Å². The summed E-state index contributed by atoms with van der Waals surface area (Å²) in [5.74, 6) is 0.769. The highest BCUT2D eigenvalue weighted by atomic mass is 19.1. The van der Waals surface area contributed by atoms with Crippen molar-refractivity contribution in [1.82, 2.24) is 20.4 Å². The molecule has 9 heteroatoms. The summed E-state index contributed by atoms with van der Waals surface area (Å²) < 4.78 is 17.8. The first-order valence-electron chi connectivity index (χ1n) is 10.0. The van der Waals surface area contributed by atoms with Crippen molar-refractivity contribution >= 4 is 28.6 Å². The van der Waals surface area contributed by atoms with Gasteiger partial charge in [-0.15, -0.1) is 10.2 Å². The molecule has 0 saturated heterocycles. The Balaban J connectivity index is 1.48. The van der Waals surface area contributed by atoms with Crippen LogP contribution in [0.3, 0.4) is 0 Å². The monoisotopic (exact) mass is 434 g/mol. The standard InChI is InChI=1S/C23H23FN6O2/c1-23(2,15-5-7-16(24)8-6-15)13-25-20-11-10-18(27-29-20)14-4-9-19-17(12-14)21(30-28-19)26-22(31)32-3/h4-12H,13H2,1-3H3,(H,25,29)(H2,26,28,30,31). The second-order valence-electron chi connectivity index (χ2n) is 8.00. The van der Waals surface area contributed by atoms with Gasteiger partial charge in [-0.3, -0.25) is 10.4 Å². The van der Waals surface area contributed by atoms with Crippen molar-refractivity contribution in [3.8, 4) is 11.3 Å². The van der Waals surface area contributed by atoms with Crippen molar-refractivity contribution in [1.29, 1.82) is 0 Å². The minimum Gasteiger partial charge on any atom is -0.453 e. The zero-order chi connectivity index (χ0) is 22.7. The molecule has 8 nitrogen and oxygen atoms in total. The zero-order valence-electron chi connectivity index (χ0n) is 17.9. The number of benzene rings is 2. The van der Waals surface area contributed by atoms with Crippen molar-refractivity contribution in [2.45, 2.75) is 19.3 Å². The third kappa shape index (κ3) is 4.51. The first-order chi connectivity index (χ1) is 15.4. The average molecular weight is 434 g/mol. The number of nitrogens with zero attached hydrogens (tertiary/aromatic N) is 3. The van der Waals surface area contributed by atoms with E-state index in [9.17, 15) is 9.18 Å². The molecule has 3 N–H and O–H groups in total. The number of H-pyrrole nitrogens is 1. The van der Waals surface area contributed by atoms with Crippen LogP contribution >= 0.6 is 0 Å². The summed E-state index contributed by atoms with van der Waals surface area (Å²) in [5, 5.41) is 22.2. The maximum atomic E-state index is 13.2. The maximum Gasteiger partial charge on any atom is 0.412 e. The summed E-state index contributed by atoms with van der Waals surface area (Å²) in [6, 6.07) is 15.9. The number of ether oxygens (including phenoxy) is 1. The minimum absolute atomic E-state index is 0.219. The van der Waals surface area contributed by atoms with Crippen LogP contribution in [0.1, 0.15) is 19.4 Å². The minimum atomic E-state index is -0.595. The first-order valence-corrected chi connectivity index (χ1v) is 10.0. The average Bonchev–Trinajstić information content (AvgIpc) is 3.20. The molecule has 4 rings (SSSR count). The number of aromatic amines is 1. The van der Waals surface area contributed by atoms with Crippen LogP contribution in [0, 0.1) is 5.82 Å². The molecular formula is C23H23FN6O2. The van der Waals surface area contributed by atoms with Crippen molar-refractivity contribution in [3.05, 3.63) is 66.0 Å². The SMILES string of the molecule is COC(=O)Nc1n[nH]c2ccc(-c3ccc(NCC(C)(C)c4ccc(F)cc4)nn3)cc12. The lowest BCUT2D eigenvalue weighted by Crippen LogP contribution is -2.28. The van der Waals surface area contributed by atoms with Gasteiger partial charge in [-0.1, -0.05) is 32.0 Å². The molecule has 4 aromatic rings. The van der Waals surface area contributed by atoms with Crippen molar-refractivity contribution in [3.63, 3.8) is 0 Å². The molecule has 0 spiro atoms. The molecule has 1 amide bonds. The fourth-order valence-corrected chi connectivity index (χ4v) is 3.31. The van der Waals surface area contributed by atoms with Crippen molar-refractivity contribution < 1.29 is 13.9 Å². The Morgan fingerprint density at radius 3 is 2.56 bits per heavy atom. The number of carbonyl (C=O) groups is 1. The zero-order valence-corrected chi connectivity index (χ0v) is 17.9. The smallest absolute Gasteiger partial charge is 0.412 e. The lowest BCUT2D eigenvalue weighted by Gasteiger charge is -2.25. The molecule has 0 bridgehead atoms. The van der Waals surface area contributed by atoms with E-state index in [2.05, 4.69) is 49.6 Å². The van der Waals surface area contributed by atoms with Gasteiger partial charge in [0.15, 0.2) is 5.82 Å². The highest BCUT2D eigenvalue weighted by molar-refractivity contribution is 5.98. The Hall–Kier alpha value is -4.01. The number of nitrogens with one attached hydrogen (secondary N) is 3. The Labute approximate surface area is 184 Å². The van der Waals surface area contributed by atoms with Crippen LogP contribution in [0.2, 0.25) is 0 Å². The van der Waals surface area contributed by atoms with Gasteiger partial charge in [0.05, 0.1) is 18.3 Å². The van der Waals surface area contributed by atoms with E-state index in [0.29, 0.717) is 23.9 Å². The van der Waals surface area contributed by atoms with Crippen molar-refractivity contribution in [2.24, 2.45) is 0 Å². The highest BCUT2D eigenvalue weighted by Crippen LogP contribution is 2.27. The van der Waals surface area contributed by atoms with Gasteiger partial charge >= 0.3 is 6.09 Å². The number of methoxy groups -OCH3 is 1. The summed E-state index contributed by atoms with van der Waals surface area (Å²) in [6.07, 6.45) is -0.595. The van der Waals surface area contributed by atoms with E-state index in [0.717, 1.165) is 22.0 Å². The largest absolute Gasteiger partial charge is 0.453 e. The number of aromatic nitrogens is 4. The molecule has 164 valence electrons. The Bertz CT molecular complexity index is 1240. The van der Waals surface area contributed by atoms with Gasteiger partial charge in [0.1, 0.15) is 11.6 Å². The van der Waals surface area contributed by atoms with Gasteiger partial charge in [0.2, 0.25) is 0 Å². The normalized spacial score (nSPS) is 11.4. The summed E-state index contributed by atoms with van der Waals surface area (Å²) in [5.41, 5.74) is 3.09. The molecule has 0 radical (unpaired) electrons. The van der Waals surface area contributed by atoms with Crippen LogP contribution in [0.4, 0.5) is 20.8 Å². The van der Waals surface area contributed by atoms with E-state index in [1.807, 2.05) is 30.3 Å². The molecular weight excluding hydrogens is 411 g/mol. The molecule has 0 unspecified atom stereocenters. The Kier molecular flexibility index (Phi) is 5.72. The summed E-state index contributed by atoms with van der Waals surface area (Å²) in [7, 11) is 1.29. The van der Waals surface area contributed by atoms with Crippen LogP contribution in [0.25, 0.3) is 22.2 Å². The number of anilines is 2. The summed E-state index contributed by atoms with van der Waals surface area (Å²) >= 11 is 0. The van der Waals surface area contributed by atoms with Gasteiger partial charge in [-0.25, -0.2) is 9.18 Å². The Morgan fingerprint density at radius 2 is 1.88 bits per heavy atom. The van der Waals surface area contributed by atoms with Gasteiger partial charge in [-0.2, -0.15) is 5.10 Å². The predicted molar refractivity (Wildman–Crippen MR) is 121 cm³/mol. The lowest BCUT2D eigenvalue weighted by atomic mass is 9.84. The van der Waals surface area contributed by atoms with Gasteiger partial charge < -0.3 is 10.1 Å². The van der Waals surface area contributed by atoms with E-state index < -0.39 is 6.09 Å². The molecule has 0 aliphatic carbocycles. The third-order valence-corrected chi connectivity index (χ3v) is 5.27. The fraction of sp³-hybridized carbons (Fsp3) is 0.217. The first kappa shape index (κ1) is 21.2. The predicted octanol–water partition coefficient (Wildman–Crippen LogP) is 4.73. The number of rotatable bonds is 6. The van der Waals surface area contributed by atoms with E-state index in [1.165, 1.54) is 19.2 Å². The number of hydrogen-bond acceptors (Lipinski definition) is 6. The molecule has 0 aliphatic rings. The summed E-state index contributed by atoms with van der Waals surface area (Å²) in [6.45, 7) is 4.76. The second-order valence-corrected chi connectivity index (χ2v) is 8.00. The molecule has 0 atom stereocenters. The van der Waals surface area contributed by atoms with Crippen LogP contribution in [-0.2, 0) is 10.2 Å². The molecule has 2 aromatic heterocycles. The molecule has 2 heterocycles. The number of carbonyl (C=O) groups excluding carboxylic acids is 1. The van der Waals surface area contributed by atoms with Gasteiger partial charge in [0.25, 0.3) is 0 Å². The number of amides is 1. The molecule has 0 aliphatic heterocycles. The molecule has 0 saturated carbocycles. The lowest BCUT2D eigenvalue weighted by molar-refractivity contribution is 0.187. The van der Waals surface area contributed by atoms with Crippen LogP contribution in [0.15, 0.2) is 54.6 Å². The summed E-state index contributed by atoms with van der Waals surface area (Å²) in [4.78, 5) is 11.5. The fourth-order valence-electron chi connectivity index (χ4n) is 3.31. The maximum absolute atomic E-state index is 13.2. The van der Waals surface area contributed by atoms with E-state index in [1.54, 1.807) is 12.1 Å². The van der Waals surface area contributed by atoms with Crippen LogP contribution in [-0.4, -0.2) is 40.1 Å².